The lowest BCUT2D eigenvalue weighted by atomic mass is 10.1. The van der Waals surface area contributed by atoms with E-state index in [4.69, 9.17) is 4.42 Å². The maximum atomic E-state index is 5.32. The molecule has 0 amide bonds. The molecule has 0 saturated heterocycles. The zero-order chi connectivity index (χ0) is 9.10. The molecule has 0 saturated carbocycles. The Labute approximate surface area is 85.5 Å². The Kier molecular flexibility index (Phi) is 2.50. The monoisotopic (exact) mass is 236 g/mol. The fraction of sp³-hybridized carbons (Fsp3) is 0.0909. The highest BCUT2D eigenvalue weighted by Crippen LogP contribution is 2.20. The predicted octanol–water partition coefficient (Wildman–Crippen LogP) is 3.63. The molecular weight excluding hydrogens is 228 g/mol. The van der Waals surface area contributed by atoms with Crippen molar-refractivity contribution >= 4 is 15.9 Å². The van der Waals surface area contributed by atoms with E-state index < -0.39 is 0 Å². The Balaban J connectivity index is 2.20. The minimum atomic E-state index is 0.842. The summed E-state index contributed by atoms with van der Waals surface area (Å²) in [5.74, 6) is 0.978. The van der Waals surface area contributed by atoms with Gasteiger partial charge in [0.2, 0.25) is 0 Å². The summed E-state index contributed by atoms with van der Waals surface area (Å²) in [6.45, 7) is 0. The molecule has 0 aliphatic rings. The predicted molar refractivity (Wildman–Crippen MR) is 55.7 cm³/mol. The van der Waals surface area contributed by atoms with Gasteiger partial charge in [0.1, 0.15) is 5.76 Å². The van der Waals surface area contributed by atoms with Gasteiger partial charge < -0.3 is 4.42 Å². The van der Waals surface area contributed by atoms with Crippen LogP contribution in [0.1, 0.15) is 11.3 Å². The van der Waals surface area contributed by atoms with Crippen LogP contribution in [0.3, 0.4) is 0 Å². The Bertz CT molecular complexity index is 378. The quantitative estimate of drug-likeness (QED) is 0.777. The van der Waals surface area contributed by atoms with Crippen LogP contribution in [0.4, 0.5) is 0 Å². The molecule has 2 aromatic rings. The molecule has 66 valence electrons. The van der Waals surface area contributed by atoms with Gasteiger partial charge in [0.15, 0.2) is 0 Å². The summed E-state index contributed by atoms with van der Waals surface area (Å²) in [6.07, 6.45) is 2.54. The molecular formula is C11H9BrO. The topological polar surface area (TPSA) is 13.1 Å². The molecule has 0 aliphatic carbocycles. The molecule has 0 atom stereocenters. The molecule has 0 unspecified atom stereocenters. The Morgan fingerprint density at radius 2 is 1.85 bits per heavy atom. The van der Waals surface area contributed by atoms with E-state index in [-0.39, 0.29) is 0 Å². The first kappa shape index (κ1) is 8.57. The van der Waals surface area contributed by atoms with Crippen LogP contribution in [0, 0.1) is 0 Å². The smallest absolute Gasteiger partial charge is 0.122 e. The van der Waals surface area contributed by atoms with Crippen LogP contribution in [0.15, 0.2) is 51.6 Å². The summed E-state index contributed by atoms with van der Waals surface area (Å²) in [5.41, 5.74) is 1.26. The summed E-state index contributed by atoms with van der Waals surface area (Å²) >= 11 is 3.43. The highest BCUT2D eigenvalue weighted by molar-refractivity contribution is 9.10. The number of benzene rings is 1. The van der Waals surface area contributed by atoms with Crippen LogP contribution in [-0.4, -0.2) is 0 Å². The molecule has 2 rings (SSSR count). The van der Waals surface area contributed by atoms with Gasteiger partial charge in [-0.15, -0.1) is 0 Å². The van der Waals surface area contributed by atoms with E-state index in [1.54, 1.807) is 6.26 Å². The highest BCUT2D eigenvalue weighted by Gasteiger charge is 2.03. The van der Waals surface area contributed by atoms with Crippen molar-refractivity contribution in [2.75, 3.05) is 0 Å². The van der Waals surface area contributed by atoms with Crippen LogP contribution in [0.25, 0.3) is 0 Å². The van der Waals surface area contributed by atoms with E-state index in [1.807, 2.05) is 24.3 Å². The van der Waals surface area contributed by atoms with Crippen LogP contribution < -0.4 is 0 Å². The summed E-state index contributed by atoms with van der Waals surface area (Å²) in [6, 6.07) is 12.2. The van der Waals surface area contributed by atoms with Crippen molar-refractivity contribution < 1.29 is 4.42 Å². The summed E-state index contributed by atoms with van der Waals surface area (Å²) in [7, 11) is 0. The van der Waals surface area contributed by atoms with Crippen molar-refractivity contribution in [2.24, 2.45) is 0 Å². The van der Waals surface area contributed by atoms with Gasteiger partial charge >= 0.3 is 0 Å². The SMILES string of the molecule is Brc1ccoc1Cc1ccccc1. The average molecular weight is 237 g/mol. The standard InChI is InChI=1S/C11H9BrO/c12-10-6-7-13-11(10)8-9-4-2-1-3-5-9/h1-7H,8H2. The van der Waals surface area contributed by atoms with E-state index in [0.717, 1.165) is 16.7 Å². The summed E-state index contributed by atoms with van der Waals surface area (Å²) in [5, 5.41) is 0. The van der Waals surface area contributed by atoms with Crippen molar-refractivity contribution in [2.45, 2.75) is 6.42 Å². The van der Waals surface area contributed by atoms with Gasteiger partial charge in [-0.1, -0.05) is 30.3 Å². The number of hydrogen-bond donors (Lipinski definition) is 0. The van der Waals surface area contributed by atoms with Crippen molar-refractivity contribution in [3.8, 4) is 0 Å². The number of halogens is 1. The average Bonchev–Trinajstić information content (AvgIpc) is 2.54. The minimum absolute atomic E-state index is 0.842. The normalized spacial score (nSPS) is 10.2. The molecule has 13 heavy (non-hydrogen) atoms. The lowest BCUT2D eigenvalue weighted by Crippen LogP contribution is -1.84. The molecule has 1 heterocycles. The second-order valence-corrected chi connectivity index (χ2v) is 3.71. The summed E-state index contributed by atoms with van der Waals surface area (Å²) < 4.78 is 6.36. The third-order valence-corrected chi connectivity index (χ3v) is 2.61. The number of rotatable bonds is 2. The molecule has 0 bridgehead atoms. The van der Waals surface area contributed by atoms with E-state index in [1.165, 1.54) is 5.56 Å². The van der Waals surface area contributed by atoms with Crippen LogP contribution in [-0.2, 0) is 6.42 Å². The fourth-order valence-electron chi connectivity index (χ4n) is 1.23. The Hall–Kier alpha value is -1.02. The van der Waals surface area contributed by atoms with Crippen molar-refractivity contribution in [3.63, 3.8) is 0 Å². The Morgan fingerprint density at radius 1 is 1.08 bits per heavy atom. The molecule has 2 heteroatoms. The third-order valence-electron chi connectivity index (χ3n) is 1.90. The lowest BCUT2D eigenvalue weighted by molar-refractivity contribution is 0.519. The van der Waals surface area contributed by atoms with Gasteiger partial charge in [-0.3, -0.25) is 0 Å². The second kappa shape index (κ2) is 3.79. The fourth-order valence-corrected chi connectivity index (χ4v) is 1.57. The molecule has 0 N–H and O–H groups in total. The van der Waals surface area contributed by atoms with Crippen LogP contribution in [0.2, 0.25) is 0 Å². The van der Waals surface area contributed by atoms with Gasteiger partial charge in [-0.25, -0.2) is 0 Å². The largest absolute Gasteiger partial charge is 0.468 e. The van der Waals surface area contributed by atoms with Crippen molar-refractivity contribution in [1.29, 1.82) is 0 Å². The van der Waals surface area contributed by atoms with E-state index in [2.05, 4.69) is 28.1 Å². The Morgan fingerprint density at radius 3 is 2.46 bits per heavy atom. The third kappa shape index (κ3) is 2.01. The minimum Gasteiger partial charge on any atom is -0.468 e. The lowest BCUT2D eigenvalue weighted by Gasteiger charge is -1.97. The molecule has 0 aliphatic heterocycles. The maximum Gasteiger partial charge on any atom is 0.122 e. The first-order valence-electron chi connectivity index (χ1n) is 4.12. The number of hydrogen-bond acceptors (Lipinski definition) is 1. The van der Waals surface area contributed by atoms with Gasteiger partial charge in [-0.2, -0.15) is 0 Å². The van der Waals surface area contributed by atoms with Gasteiger partial charge in [0, 0.05) is 6.42 Å². The van der Waals surface area contributed by atoms with Gasteiger partial charge in [-0.05, 0) is 27.6 Å². The van der Waals surface area contributed by atoms with Gasteiger partial charge in [0.05, 0.1) is 10.7 Å². The first-order chi connectivity index (χ1) is 6.36. The zero-order valence-corrected chi connectivity index (χ0v) is 8.62. The number of furan rings is 1. The maximum absolute atomic E-state index is 5.32. The van der Waals surface area contributed by atoms with E-state index >= 15 is 0 Å². The van der Waals surface area contributed by atoms with Crippen molar-refractivity contribution in [1.82, 2.24) is 0 Å². The molecule has 1 nitrogen and oxygen atoms in total. The van der Waals surface area contributed by atoms with E-state index in [0.29, 0.717) is 0 Å². The van der Waals surface area contributed by atoms with Crippen LogP contribution in [0.5, 0.6) is 0 Å². The van der Waals surface area contributed by atoms with Crippen LogP contribution >= 0.6 is 15.9 Å². The van der Waals surface area contributed by atoms with E-state index in [9.17, 15) is 0 Å². The van der Waals surface area contributed by atoms with Gasteiger partial charge in [0.25, 0.3) is 0 Å². The molecule has 0 spiro atoms. The molecule has 1 aromatic heterocycles. The molecule has 0 radical (unpaired) electrons. The molecule has 1 aromatic carbocycles. The molecule has 0 fully saturated rings. The first-order valence-corrected chi connectivity index (χ1v) is 4.91. The zero-order valence-electron chi connectivity index (χ0n) is 7.03. The highest BCUT2D eigenvalue weighted by atomic mass is 79.9. The second-order valence-electron chi connectivity index (χ2n) is 2.85. The van der Waals surface area contributed by atoms with Crippen molar-refractivity contribution in [3.05, 3.63) is 58.5 Å². The summed E-state index contributed by atoms with van der Waals surface area (Å²) in [4.78, 5) is 0.